The Morgan fingerprint density at radius 2 is 2.00 bits per heavy atom. The van der Waals surface area contributed by atoms with E-state index >= 15 is 0 Å². The molecular formula is C14H11N3O2. The van der Waals surface area contributed by atoms with Gasteiger partial charge < -0.3 is 5.11 Å². The van der Waals surface area contributed by atoms with Crippen LogP contribution in [0.4, 0.5) is 0 Å². The van der Waals surface area contributed by atoms with Crippen LogP contribution in [0, 0.1) is 6.92 Å². The molecule has 3 aromatic rings. The number of hydrogen-bond acceptors (Lipinski definition) is 3. The Balaban J connectivity index is 2.32. The summed E-state index contributed by atoms with van der Waals surface area (Å²) in [5, 5.41) is 9.25. The second-order valence-electron chi connectivity index (χ2n) is 4.23. The smallest absolute Gasteiger partial charge is 0.339 e. The van der Waals surface area contributed by atoms with Crippen molar-refractivity contribution in [2.45, 2.75) is 6.92 Å². The number of benzene rings is 1. The largest absolute Gasteiger partial charge is 0.478 e. The number of fused-ring (bicyclic) bond motifs is 1. The molecule has 0 bridgehead atoms. The Morgan fingerprint density at radius 1 is 1.21 bits per heavy atom. The van der Waals surface area contributed by atoms with E-state index in [4.69, 9.17) is 0 Å². The molecule has 1 aromatic carbocycles. The maximum atomic E-state index is 11.3. The molecule has 2 heterocycles. The van der Waals surface area contributed by atoms with Gasteiger partial charge in [0.15, 0.2) is 5.82 Å². The van der Waals surface area contributed by atoms with Crippen molar-refractivity contribution in [2.24, 2.45) is 0 Å². The average molecular weight is 253 g/mol. The van der Waals surface area contributed by atoms with E-state index in [1.807, 2.05) is 31.2 Å². The number of carbonyl (C=O) groups is 1. The Hall–Kier alpha value is -2.69. The van der Waals surface area contributed by atoms with E-state index in [-0.39, 0.29) is 5.56 Å². The highest BCUT2D eigenvalue weighted by atomic mass is 16.4. The molecule has 0 aliphatic heterocycles. The van der Waals surface area contributed by atoms with Crippen molar-refractivity contribution in [1.82, 2.24) is 14.5 Å². The Morgan fingerprint density at radius 3 is 2.79 bits per heavy atom. The molecule has 5 nitrogen and oxygen atoms in total. The van der Waals surface area contributed by atoms with Gasteiger partial charge in [-0.1, -0.05) is 12.1 Å². The fraction of sp³-hybridized carbons (Fsp3) is 0.0714. The number of hydrogen-bond donors (Lipinski definition) is 1. The van der Waals surface area contributed by atoms with Crippen molar-refractivity contribution in [3.63, 3.8) is 0 Å². The summed E-state index contributed by atoms with van der Waals surface area (Å²) in [7, 11) is 0. The van der Waals surface area contributed by atoms with Crippen molar-refractivity contribution in [2.75, 3.05) is 0 Å². The molecule has 0 saturated carbocycles. The quantitative estimate of drug-likeness (QED) is 0.761. The molecule has 0 aliphatic carbocycles. The number of imidazole rings is 1. The second kappa shape index (κ2) is 4.20. The maximum absolute atomic E-state index is 11.3. The SMILES string of the molecule is Cc1ccc(C(=O)O)c(-n2cnc3ccccc32)n1. The normalized spacial score (nSPS) is 10.8. The minimum Gasteiger partial charge on any atom is -0.478 e. The van der Waals surface area contributed by atoms with Crippen LogP contribution in [0.15, 0.2) is 42.7 Å². The lowest BCUT2D eigenvalue weighted by molar-refractivity contribution is 0.0696. The molecule has 94 valence electrons. The van der Waals surface area contributed by atoms with E-state index in [2.05, 4.69) is 9.97 Å². The fourth-order valence-electron chi connectivity index (χ4n) is 2.02. The van der Waals surface area contributed by atoms with Crippen LogP contribution in [0.25, 0.3) is 16.9 Å². The van der Waals surface area contributed by atoms with Crippen LogP contribution in [-0.2, 0) is 0 Å². The summed E-state index contributed by atoms with van der Waals surface area (Å²) in [5.41, 5.74) is 2.57. The fourth-order valence-corrected chi connectivity index (χ4v) is 2.02. The lowest BCUT2D eigenvalue weighted by Crippen LogP contribution is -2.08. The molecule has 5 heteroatoms. The number of rotatable bonds is 2. The Kier molecular flexibility index (Phi) is 2.52. The summed E-state index contributed by atoms with van der Waals surface area (Å²) in [5.74, 6) is -0.610. The minimum absolute atomic E-state index is 0.161. The summed E-state index contributed by atoms with van der Waals surface area (Å²) in [6.07, 6.45) is 1.60. The topological polar surface area (TPSA) is 68.0 Å². The number of aryl methyl sites for hydroxylation is 1. The molecule has 0 spiro atoms. The number of carboxylic acid groups (broad SMARTS) is 1. The van der Waals surface area contributed by atoms with Gasteiger partial charge in [0, 0.05) is 5.69 Å². The standard InChI is InChI=1S/C14H11N3O2/c1-9-6-7-10(14(18)19)13(16-9)17-8-15-11-4-2-3-5-12(11)17/h2-8H,1H3,(H,18,19). The zero-order valence-corrected chi connectivity index (χ0v) is 10.2. The number of nitrogens with zero attached hydrogens (tertiary/aromatic N) is 3. The zero-order chi connectivity index (χ0) is 13.4. The third kappa shape index (κ3) is 1.85. The summed E-state index contributed by atoms with van der Waals surface area (Å²) in [4.78, 5) is 19.9. The van der Waals surface area contributed by atoms with Crippen LogP contribution in [0.3, 0.4) is 0 Å². The summed E-state index contributed by atoms with van der Waals surface area (Å²) >= 11 is 0. The molecule has 0 radical (unpaired) electrons. The maximum Gasteiger partial charge on any atom is 0.339 e. The summed E-state index contributed by atoms with van der Waals surface area (Å²) in [6.45, 7) is 1.83. The molecule has 19 heavy (non-hydrogen) atoms. The third-order valence-corrected chi connectivity index (χ3v) is 2.93. The second-order valence-corrected chi connectivity index (χ2v) is 4.23. The lowest BCUT2D eigenvalue weighted by atomic mass is 10.2. The predicted molar refractivity (Wildman–Crippen MR) is 70.6 cm³/mol. The van der Waals surface area contributed by atoms with Crippen molar-refractivity contribution >= 4 is 17.0 Å². The van der Waals surface area contributed by atoms with Crippen LogP contribution < -0.4 is 0 Å². The van der Waals surface area contributed by atoms with Crippen LogP contribution >= 0.6 is 0 Å². The van der Waals surface area contributed by atoms with E-state index in [9.17, 15) is 9.90 Å². The van der Waals surface area contributed by atoms with E-state index in [1.165, 1.54) is 0 Å². The van der Waals surface area contributed by atoms with Gasteiger partial charge in [-0.3, -0.25) is 4.57 Å². The van der Waals surface area contributed by atoms with Gasteiger partial charge in [-0.2, -0.15) is 0 Å². The lowest BCUT2D eigenvalue weighted by Gasteiger charge is -2.08. The van der Waals surface area contributed by atoms with Crippen molar-refractivity contribution in [3.8, 4) is 5.82 Å². The molecule has 2 aromatic heterocycles. The first-order chi connectivity index (χ1) is 9.16. The first kappa shape index (κ1) is 11.4. The monoisotopic (exact) mass is 253 g/mol. The van der Waals surface area contributed by atoms with Gasteiger partial charge in [-0.05, 0) is 31.2 Å². The van der Waals surface area contributed by atoms with E-state index in [0.717, 1.165) is 16.7 Å². The number of carboxylic acids is 1. The van der Waals surface area contributed by atoms with Crippen molar-refractivity contribution in [1.29, 1.82) is 0 Å². The van der Waals surface area contributed by atoms with Gasteiger partial charge in [0.2, 0.25) is 0 Å². The van der Waals surface area contributed by atoms with Crippen LogP contribution in [0.5, 0.6) is 0 Å². The van der Waals surface area contributed by atoms with Crippen LogP contribution in [0.1, 0.15) is 16.1 Å². The van der Waals surface area contributed by atoms with Gasteiger partial charge in [0.05, 0.1) is 11.0 Å². The molecule has 3 rings (SSSR count). The van der Waals surface area contributed by atoms with Gasteiger partial charge in [-0.25, -0.2) is 14.8 Å². The van der Waals surface area contributed by atoms with Crippen LogP contribution in [-0.4, -0.2) is 25.6 Å². The molecule has 0 atom stereocenters. The first-order valence-corrected chi connectivity index (χ1v) is 5.80. The minimum atomic E-state index is -1.000. The third-order valence-electron chi connectivity index (χ3n) is 2.93. The van der Waals surface area contributed by atoms with Gasteiger partial charge in [-0.15, -0.1) is 0 Å². The Labute approximate surface area is 109 Å². The molecular weight excluding hydrogens is 242 g/mol. The van der Waals surface area contributed by atoms with Gasteiger partial charge >= 0.3 is 5.97 Å². The molecule has 0 amide bonds. The van der Waals surface area contributed by atoms with E-state index in [0.29, 0.717) is 5.82 Å². The summed E-state index contributed by atoms with van der Waals surface area (Å²) in [6, 6.07) is 10.8. The highest BCUT2D eigenvalue weighted by molar-refractivity contribution is 5.92. The number of pyridine rings is 1. The van der Waals surface area contributed by atoms with Gasteiger partial charge in [0.1, 0.15) is 11.9 Å². The van der Waals surface area contributed by atoms with Crippen LogP contribution in [0.2, 0.25) is 0 Å². The number of aromatic carboxylic acids is 1. The molecule has 0 aliphatic rings. The highest BCUT2D eigenvalue weighted by Crippen LogP contribution is 2.19. The highest BCUT2D eigenvalue weighted by Gasteiger charge is 2.15. The number of para-hydroxylation sites is 2. The number of aromatic nitrogens is 3. The molecule has 0 unspecified atom stereocenters. The molecule has 0 saturated heterocycles. The molecule has 1 N–H and O–H groups in total. The van der Waals surface area contributed by atoms with Crippen molar-refractivity contribution in [3.05, 3.63) is 54.0 Å². The Bertz CT molecular complexity index is 777. The van der Waals surface area contributed by atoms with Gasteiger partial charge in [0.25, 0.3) is 0 Å². The first-order valence-electron chi connectivity index (χ1n) is 5.80. The summed E-state index contributed by atoms with van der Waals surface area (Å²) < 4.78 is 1.70. The van der Waals surface area contributed by atoms with E-state index < -0.39 is 5.97 Å². The predicted octanol–water partition coefficient (Wildman–Crippen LogP) is 2.43. The molecule has 0 fully saturated rings. The zero-order valence-electron chi connectivity index (χ0n) is 10.2. The van der Waals surface area contributed by atoms with Crippen molar-refractivity contribution < 1.29 is 9.90 Å². The average Bonchev–Trinajstić information content (AvgIpc) is 2.82. The van der Waals surface area contributed by atoms with E-state index in [1.54, 1.807) is 23.0 Å².